The number of carbonyl (C=O) groups excluding carboxylic acids is 1. The lowest BCUT2D eigenvalue weighted by Gasteiger charge is -2.28. The van der Waals surface area contributed by atoms with E-state index in [-0.39, 0.29) is 28.8 Å². The van der Waals surface area contributed by atoms with E-state index in [1.807, 2.05) is 17.7 Å². The van der Waals surface area contributed by atoms with Crippen molar-refractivity contribution in [2.24, 2.45) is 5.73 Å². The summed E-state index contributed by atoms with van der Waals surface area (Å²) in [6.07, 6.45) is 2.15. The maximum Gasteiger partial charge on any atom is 0.224 e. The van der Waals surface area contributed by atoms with Crippen LogP contribution in [-0.2, 0) is 24.3 Å². The van der Waals surface area contributed by atoms with E-state index in [0.29, 0.717) is 19.6 Å². The first kappa shape index (κ1) is 18.0. The lowest BCUT2D eigenvalue weighted by molar-refractivity contribution is -0.133. The zero-order valence-electron chi connectivity index (χ0n) is 13.8. The molecule has 5 nitrogen and oxygen atoms in total. The molecule has 1 amide bonds. The number of imidazole rings is 1. The molecule has 0 spiro atoms. The summed E-state index contributed by atoms with van der Waals surface area (Å²) < 4.78 is 29.6. The van der Waals surface area contributed by atoms with Crippen molar-refractivity contribution in [3.8, 4) is 0 Å². The molecule has 0 saturated carbocycles. The van der Waals surface area contributed by atoms with Gasteiger partial charge in [0.25, 0.3) is 0 Å². The molecule has 1 aromatic carbocycles. The molecule has 134 valence electrons. The Labute approximate surface area is 153 Å². The molecule has 1 atom stereocenters. The molecule has 3 rings (SSSR count). The van der Waals surface area contributed by atoms with Crippen molar-refractivity contribution in [1.82, 2.24) is 14.5 Å². The standard InChI is InChI=1S/C17H19BrF2N4O/c1-10-8-23-2-3-24(9-16(23)22-10)17(25)6-12(21)4-11-5-15(20)13(18)7-14(11)19/h5,7-8,12H,2-4,6,9,21H2,1H3/t12-/m1/s1. The van der Waals surface area contributed by atoms with E-state index in [1.54, 1.807) is 4.90 Å². The quantitative estimate of drug-likeness (QED) is 0.784. The van der Waals surface area contributed by atoms with Crippen LogP contribution in [0.4, 0.5) is 8.78 Å². The number of carbonyl (C=O) groups is 1. The van der Waals surface area contributed by atoms with Crippen LogP contribution in [0.25, 0.3) is 0 Å². The second-order valence-electron chi connectivity index (χ2n) is 6.33. The monoisotopic (exact) mass is 412 g/mol. The number of aromatic nitrogens is 2. The van der Waals surface area contributed by atoms with E-state index >= 15 is 0 Å². The fourth-order valence-electron chi connectivity index (χ4n) is 3.04. The number of amides is 1. The van der Waals surface area contributed by atoms with Gasteiger partial charge in [-0.25, -0.2) is 13.8 Å². The van der Waals surface area contributed by atoms with E-state index in [2.05, 4.69) is 20.9 Å². The van der Waals surface area contributed by atoms with Gasteiger partial charge in [-0.05, 0) is 47.0 Å². The predicted octanol–water partition coefficient (Wildman–Crippen LogP) is 2.53. The molecule has 1 aromatic heterocycles. The second kappa shape index (κ2) is 7.21. The van der Waals surface area contributed by atoms with Gasteiger partial charge in [0, 0.05) is 31.7 Å². The third kappa shape index (κ3) is 4.07. The van der Waals surface area contributed by atoms with Crippen LogP contribution < -0.4 is 5.73 Å². The molecule has 0 aliphatic carbocycles. The Morgan fingerprint density at radius 3 is 2.88 bits per heavy atom. The molecular weight excluding hydrogens is 394 g/mol. The maximum atomic E-state index is 13.9. The summed E-state index contributed by atoms with van der Waals surface area (Å²) >= 11 is 2.94. The highest BCUT2D eigenvalue weighted by atomic mass is 79.9. The second-order valence-corrected chi connectivity index (χ2v) is 7.19. The van der Waals surface area contributed by atoms with Gasteiger partial charge in [-0.15, -0.1) is 0 Å². The first-order valence-corrected chi connectivity index (χ1v) is 8.82. The Bertz CT molecular complexity index is 808. The number of hydrogen-bond donors (Lipinski definition) is 1. The molecule has 0 bridgehead atoms. The highest BCUT2D eigenvalue weighted by Gasteiger charge is 2.24. The Morgan fingerprint density at radius 2 is 2.12 bits per heavy atom. The van der Waals surface area contributed by atoms with Gasteiger partial charge in [0.05, 0.1) is 16.7 Å². The molecule has 1 aliphatic heterocycles. The van der Waals surface area contributed by atoms with Crippen LogP contribution in [0.5, 0.6) is 0 Å². The minimum absolute atomic E-state index is 0.0671. The van der Waals surface area contributed by atoms with E-state index in [1.165, 1.54) is 0 Å². The van der Waals surface area contributed by atoms with Crippen molar-refractivity contribution in [1.29, 1.82) is 0 Å². The van der Waals surface area contributed by atoms with Gasteiger partial charge >= 0.3 is 0 Å². The SMILES string of the molecule is Cc1cn2c(n1)CN(C(=O)C[C@H](N)Cc1cc(F)c(Br)cc1F)CC2. The average Bonchev–Trinajstić information content (AvgIpc) is 2.91. The molecule has 8 heteroatoms. The highest BCUT2D eigenvalue weighted by molar-refractivity contribution is 9.10. The zero-order chi connectivity index (χ0) is 18.1. The normalized spacial score (nSPS) is 15.2. The van der Waals surface area contributed by atoms with E-state index in [9.17, 15) is 13.6 Å². The lowest BCUT2D eigenvalue weighted by Crippen LogP contribution is -2.41. The third-order valence-corrected chi connectivity index (χ3v) is 4.89. The van der Waals surface area contributed by atoms with Gasteiger partial charge in [0.15, 0.2) is 0 Å². The van der Waals surface area contributed by atoms with Gasteiger partial charge in [-0.3, -0.25) is 4.79 Å². The smallest absolute Gasteiger partial charge is 0.224 e. The fourth-order valence-corrected chi connectivity index (χ4v) is 3.35. The van der Waals surface area contributed by atoms with Crippen LogP contribution in [0, 0.1) is 18.6 Å². The number of nitrogens with zero attached hydrogens (tertiary/aromatic N) is 3. The van der Waals surface area contributed by atoms with Crippen molar-refractivity contribution in [2.45, 2.75) is 38.9 Å². The molecule has 0 unspecified atom stereocenters. The molecule has 2 N–H and O–H groups in total. The topological polar surface area (TPSA) is 64.2 Å². The molecule has 1 aliphatic rings. The Kier molecular flexibility index (Phi) is 5.19. The number of halogens is 3. The minimum Gasteiger partial charge on any atom is -0.333 e. The number of hydrogen-bond acceptors (Lipinski definition) is 3. The van der Waals surface area contributed by atoms with E-state index < -0.39 is 17.7 Å². The van der Waals surface area contributed by atoms with Crippen molar-refractivity contribution < 1.29 is 13.6 Å². The number of nitrogens with two attached hydrogens (primary N) is 1. The van der Waals surface area contributed by atoms with Crippen LogP contribution in [0.2, 0.25) is 0 Å². The molecule has 0 saturated heterocycles. The Balaban J connectivity index is 1.61. The fraction of sp³-hybridized carbons (Fsp3) is 0.412. The zero-order valence-corrected chi connectivity index (χ0v) is 15.4. The largest absolute Gasteiger partial charge is 0.333 e. The van der Waals surface area contributed by atoms with Gasteiger partial charge in [0.1, 0.15) is 17.5 Å². The van der Waals surface area contributed by atoms with Crippen molar-refractivity contribution in [3.63, 3.8) is 0 Å². The van der Waals surface area contributed by atoms with Crippen LogP contribution in [0.1, 0.15) is 23.5 Å². The predicted molar refractivity (Wildman–Crippen MR) is 92.7 cm³/mol. The summed E-state index contributed by atoms with van der Waals surface area (Å²) in [6.45, 7) is 3.65. The number of benzene rings is 1. The Hall–Kier alpha value is -1.80. The highest BCUT2D eigenvalue weighted by Crippen LogP contribution is 2.21. The Morgan fingerprint density at radius 1 is 1.36 bits per heavy atom. The van der Waals surface area contributed by atoms with Crippen LogP contribution in [-0.4, -0.2) is 32.9 Å². The number of fused-ring (bicyclic) bond motifs is 1. The van der Waals surface area contributed by atoms with Crippen molar-refractivity contribution >= 4 is 21.8 Å². The van der Waals surface area contributed by atoms with Crippen LogP contribution >= 0.6 is 15.9 Å². The van der Waals surface area contributed by atoms with Gasteiger partial charge in [0.2, 0.25) is 5.91 Å². The van der Waals surface area contributed by atoms with Gasteiger partial charge < -0.3 is 15.2 Å². The van der Waals surface area contributed by atoms with Gasteiger partial charge in [-0.1, -0.05) is 0 Å². The summed E-state index contributed by atoms with van der Waals surface area (Å²) in [5.41, 5.74) is 7.10. The summed E-state index contributed by atoms with van der Waals surface area (Å²) in [6, 6.07) is 1.61. The summed E-state index contributed by atoms with van der Waals surface area (Å²) in [4.78, 5) is 18.6. The molecular formula is C17H19BrF2N4O. The molecule has 0 fully saturated rings. The average molecular weight is 413 g/mol. The van der Waals surface area contributed by atoms with Crippen LogP contribution in [0.15, 0.2) is 22.8 Å². The molecule has 2 aromatic rings. The van der Waals surface area contributed by atoms with E-state index in [0.717, 1.165) is 23.7 Å². The van der Waals surface area contributed by atoms with E-state index in [4.69, 9.17) is 5.73 Å². The summed E-state index contributed by atoms with van der Waals surface area (Å²) in [7, 11) is 0. The van der Waals surface area contributed by atoms with Crippen molar-refractivity contribution in [3.05, 3.63) is 51.5 Å². The first-order chi connectivity index (χ1) is 11.8. The van der Waals surface area contributed by atoms with Crippen molar-refractivity contribution in [2.75, 3.05) is 6.54 Å². The maximum absolute atomic E-state index is 13.9. The molecule has 25 heavy (non-hydrogen) atoms. The minimum atomic E-state index is -0.578. The summed E-state index contributed by atoms with van der Waals surface area (Å²) in [5, 5.41) is 0. The lowest BCUT2D eigenvalue weighted by atomic mass is 10.0. The first-order valence-electron chi connectivity index (χ1n) is 8.03. The molecule has 2 heterocycles. The number of aryl methyl sites for hydroxylation is 1. The van der Waals surface area contributed by atoms with Crippen LogP contribution in [0.3, 0.4) is 0 Å². The molecule has 0 radical (unpaired) electrons. The number of rotatable bonds is 4. The summed E-state index contributed by atoms with van der Waals surface area (Å²) in [5.74, 6) is -0.330. The third-order valence-electron chi connectivity index (χ3n) is 4.28. The van der Waals surface area contributed by atoms with Gasteiger partial charge in [-0.2, -0.15) is 0 Å².